The maximum absolute atomic E-state index is 11.5. The van der Waals surface area contributed by atoms with Crippen LogP contribution < -0.4 is 11.1 Å². The normalized spacial score (nSPS) is 11.6. The molecule has 25 heavy (non-hydrogen) atoms. The maximum Gasteiger partial charge on any atom is 0.236 e. The molecule has 0 bridgehead atoms. The summed E-state index contributed by atoms with van der Waals surface area (Å²) in [5, 5.41) is 2.87. The average Bonchev–Trinajstić information content (AvgIpc) is 2.60. The number of rotatable bonds is 9. The van der Waals surface area contributed by atoms with Crippen LogP contribution in [0.25, 0.3) is 0 Å². The SMILES string of the molecule is CC(N)C(=O)NCCCN(Cc1ccccc1)Cc1ccccc1.Cl. The topological polar surface area (TPSA) is 58.4 Å². The van der Waals surface area contributed by atoms with Crippen LogP contribution in [0.2, 0.25) is 0 Å². The van der Waals surface area contributed by atoms with Crippen molar-refractivity contribution in [2.45, 2.75) is 32.5 Å². The first-order valence-electron chi connectivity index (χ1n) is 8.48. The molecule has 0 radical (unpaired) electrons. The third kappa shape index (κ3) is 8.16. The lowest BCUT2D eigenvalue weighted by atomic mass is 10.1. The highest BCUT2D eigenvalue weighted by atomic mass is 35.5. The Hall–Kier alpha value is -1.88. The maximum atomic E-state index is 11.5. The standard InChI is InChI=1S/C20H27N3O.ClH/c1-17(21)20(24)22-13-8-14-23(15-18-9-4-2-5-10-18)16-19-11-6-3-7-12-19;/h2-7,9-12,17H,8,13-16,21H2,1H3,(H,22,24);1H. The van der Waals surface area contributed by atoms with E-state index < -0.39 is 6.04 Å². The number of nitrogens with one attached hydrogen (secondary N) is 1. The number of amides is 1. The molecule has 2 rings (SSSR count). The summed E-state index contributed by atoms with van der Waals surface area (Å²) in [6, 6.07) is 20.5. The second-order valence-corrected chi connectivity index (χ2v) is 6.12. The van der Waals surface area contributed by atoms with Gasteiger partial charge in [0.25, 0.3) is 0 Å². The van der Waals surface area contributed by atoms with Crippen LogP contribution in [-0.4, -0.2) is 29.9 Å². The Bertz CT molecular complexity index is 563. The molecule has 3 N–H and O–H groups in total. The van der Waals surface area contributed by atoms with Gasteiger partial charge in [0.2, 0.25) is 5.91 Å². The molecule has 4 nitrogen and oxygen atoms in total. The average molecular weight is 362 g/mol. The van der Waals surface area contributed by atoms with Gasteiger partial charge < -0.3 is 11.1 Å². The molecule has 0 aliphatic carbocycles. The van der Waals surface area contributed by atoms with E-state index in [0.29, 0.717) is 6.54 Å². The molecule has 0 fully saturated rings. The summed E-state index contributed by atoms with van der Waals surface area (Å²) in [6.45, 7) is 5.07. The molecule has 136 valence electrons. The highest BCUT2D eigenvalue weighted by molar-refractivity contribution is 5.85. The van der Waals surface area contributed by atoms with E-state index in [1.165, 1.54) is 11.1 Å². The Kier molecular flexibility index (Phi) is 9.85. The van der Waals surface area contributed by atoms with Gasteiger partial charge in [-0.25, -0.2) is 0 Å². The number of nitrogens with zero attached hydrogens (tertiary/aromatic N) is 1. The number of carbonyl (C=O) groups excluding carboxylic acids is 1. The molecule has 1 amide bonds. The number of halogens is 1. The highest BCUT2D eigenvalue weighted by Crippen LogP contribution is 2.10. The van der Waals surface area contributed by atoms with Crippen molar-refractivity contribution in [2.75, 3.05) is 13.1 Å². The van der Waals surface area contributed by atoms with Gasteiger partial charge in [-0.2, -0.15) is 0 Å². The van der Waals surface area contributed by atoms with E-state index in [1.54, 1.807) is 6.92 Å². The molecule has 0 saturated carbocycles. The van der Waals surface area contributed by atoms with Gasteiger partial charge in [0.15, 0.2) is 0 Å². The van der Waals surface area contributed by atoms with Gasteiger partial charge in [0.05, 0.1) is 6.04 Å². The Morgan fingerprint density at radius 2 is 1.48 bits per heavy atom. The molecule has 1 atom stereocenters. The number of hydrogen-bond donors (Lipinski definition) is 2. The number of benzene rings is 2. The molecular formula is C20H28ClN3O. The molecule has 0 saturated heterocycles. The summed E-state index contributed by atoms with van der Waals surface area (Å²) in [5.74, 6) is -0.0901. The summed E-state index contributed by atoms with van der Waals surface area (Å²) in [7, 11) is 0. The summed E-state index contributed by atoms with van der Waals surface area (Å²) in [4.78, 5) is 13.9. The predicted molar refractivity (Wildman–Crippen MR) is 106 cm³/mol. The van der Waals surface area contributed by atoms with Gasteiger partial charge in [-0.3, -0.25) is 9.69 Å². The molecule has 0 heterocycles. The summed E-state index contributed by atoms with van der Waals surface area (Å²) < 4.78 is 0. The van der Waals surface area contributed by atoms with Crippen molar-refractivity contribution in [3.8, 4) is 0 Å². The number of carbonyl (C=O) groups is 1. The lowest BCUT2D eigenvalue weighted by Gasteiger charge is -2.23. The Labute approximate surface area is 156 Å². The fraction of sp³-hybridized carbons (Fsp3) is 0.350. The van der Waals surface area contributed by atoms with Gasteiger partial charge >= 0.3 is 0 Å². The molecule has 2 aromatic carbocycles. The van der Waals surface area contributed by atoms with Crippen molar-refractivity contribution in [3.63, 3.8) is 0 Å². The molecular weight excluding hydrogens is 334 g/mol. The van der Waals surface area contributed by atoms with Crippen molar-refractivity contribution in [2.24, 2.45) is 5.73 Å². The van der Waals surface area contributed by atoms with Crippen LogP contribution in [0.4, 0.5) is 0 Å². The molecule has 2 aromatic rings. The molecule has 0 aliphatic heterocycles. The minimum Gasteiger partial charge on any atom is -0.355 e. The first-order valence-corrected chi connectivity index (χ1v) is 8.48. The van der Waals surface area contributed by atoms with Crippen LogP contribution in [0.15, 0.2) is 60.7 Å². The van der Waals surface area contributed by atoms with E-state index in [4.69, 9.17) is 5.73 Å². The molecule has 5 heteroatoms. The Morgan fingerprint density at radius 1 is 1.00 bits per heavy atom. The van der Waals surface area contributed by atoms with Crippen molar-refractivity contribution >= 4 is 18.3 Å². The lowest BCUT2D eigenvalue weighted by molar-refractivity contribution is -0.121. The van der Waals surface area contributed by atoms with E-state index in [1.807, 2.05) is 12.1 Å². The first-order chi connectivity index (χ1) is 11.6. The van der Waals surface area contributed by atoms with E-state index >= 15 is 0 Å². The summed E-state index contributed by atoms with van der Waals surface area (Å²) in [5.41, 5.74) is 8.16. The molecule has 1 unspecified atom stereocenters. The van der Waals surface area contributed by atoms with E-state index in [0.717, 1.165) is 26.1 Å². The van der Waals surface area contributed by atoms with Crippen LogP contribution in [0.3, 0.4) is 0 Å². The van der Waals surface area contributed by atoms with Crippen molar-refractivity contribution in [1.82, 2.24) is 10.2 Å². The van der Waals surface area contributed by atoms with Crippen molar-refractivity contribution < 1.29 is 4.79 Å². The summed E-state index contributed by atoms with van der Waals surface area (Å²) in [6.07, 6.45) is 0.901. The fourth-order valence-electron chi connectivity index (χ4n) is 2.57. The Balaban J connectivity index is 0.00000312. The van der Waals surface area contributed by atoms with E-state index in [2.05, 4.69) is 58.7 Å². The van der Waals surface area contributed by atoms with Gasteiger partial charge in [0.1, 0.15) is 0 Å². The zero-order valence-corrected chi connectivity index (χ0v) is 15.5. The van der Waals surface area contributed by atoms with E-state index in [-0.39, 0.29) is 18.3 Å². The Morgan fingerprint density at radius 3 is 1.92 bits per heavy atom. The third-order valence-electron chi connectivity index (χ3n) is 3.86. The zero-order valence-electron chi connectivity index (χ0n) is 14.7. The van der Waals surface area contributed by atoms with Gasteiger partial charge in [0, 0.05) is 26.2 Å². The lowest BCUT2D eigenvalue weighted by Crippen LogP contribution is -2.39. The van der Waals surface area contributed by atoms with Crippen LogP contribution in [0.5, 0.6) is 0 Å². The molecule has 0 spiro atoms. The van der Waals surface area contributed by atoms with Gasteiger partial charge in [-0.1, -0.05) is 60.7 Å². The largest absolute Gasteiger partial charge is 0.355 e. The van der Waals surface area contributed by atoms with Crippen LogP contribution in [0, 0.1) is 0 Å². The fourth-order valence-corrected chi connectivity index (χ4v) is 2.57. The number of hydrogen-bond acceptors (Lipinski definition) is 3. The number of nitrogens with two attached hydrogens (primary N) is 1. The molecule has 0 aliphatic rings. The third-order valence-corrected chi connectivity index (χ3v) is 3.86. The quantitative estimate of drug-likeness (QED) is 0.675. The first kappa shape index (κ1) is 21.2. The summed E-state index contributed by atoms with van der Waals surface area (Å²) >= 11 is 0. The van der Waals surface area contributed by atoms with Crippen LogP contribution >= 0.6 is 12.4 Å². The van der Waals surface area contributed by atoms with Crippen molar-refractivity contribution in [3.05, 3.63) is 71.8 Å². The minimum atomic E-state index is -0.449. The zero-order chi connectivity index (χ0) is 17.2. The highest BCUT2D eigenvalue weighted by Gasteiger charge is 2.09. The molecule has 0 aromatic heterocycles. The van der Waals surface area contributed by atoms with Gasteiger partial charge in [-0.05, 0) is 24.5 Å². The second kappa shape index (κ2) is 11.6. The van der Waals surface area contributed by atoms with Crippen molar-refractivity contribution in [1.29, 1.82) is 0 Å². The monoisotopic (exact) mass is 361 g/mol. The minimum absolute atomic E-state index is 0. The predicted octanol–water partition coefficient (Wildman–Crippen LogP) is 2.96. The smallest absolute Gasteiger partial charge is 0.236 e. The second-order valence-electron chi connectivity index (χ2n) is 6.12. The van der Waals surface area contributed by atoms with Crippen LogP contribution in [0.1, 0.15) is 24.5 Å². The van der Waals surface area contributed by atoms with Crippen LogP contribution in [-0.2, 0) is 17.9 Å². The van der Waals surface area contributed by atoms with E-state index in [9.17, 15) is 4.79 Å². The van der Waals surface area contributed by atoms with Gasteiger partial charge in [-0.15, -0.1) is 12.4 Å².